The van der Waals surface area contributed by atoms with E-state index in [0.717, 1.165) is 6.07 Å². The molecule has 0 saturated heterocycles. The van der Waals surface area contributed by atoms with Crippen molar-refractivity contribution in [3.63, 3.8) is 0 Å². The van der Waals surface area contributed by atoms with Gasteiger partial charge in [0.05, 0.1) is 6.54 Å². The second kappa shape index (κ2) is 6.19. The highest BCUT2D eigenvalue weighted by atomic mass is 19.1. The summed E-state index contributed by atoms with van der Waals surface area (Å²) in [6.45, 7) is 4.63. The molecule has 4 nitrogen and oxygen atoms in total. The molecule has 0 radical (unpaired) electrons. The molecule has 19 heavy (non-hydrogen) atoms. The summed E-state index contributed by atoms with van der Waals surface area (Å²) in [7, 11) is 0. The second-order valence-electron chi connectivity index (χ2n) is 3.98. The molecule has 100 valence electrons. The van der Waals surface area contributed by atoms with Crippen molar-refractivity contribution in [3.8, 4) is 0 Å². The fraction of sp³-hybridized carbons (Fsp3) is 0.231. The van der Waals surface area contributed by atoms with Gasteiger partial charge in [-0.15, -0.1) is 6.58 Å². The number of halogens is 2. The molecule has 6 heteroatoms. The summed E-state index contributed by atoms with van der Waals surface area (Å²) in [6.07, 6.45) is 1.94. The van der Waals surface area contributed by atoms with Crippen molar-refractivity contribution in [1.29, 1.82) is 0 Å². The summed E-state index contributed by atoms with van der Waals surface area (Å²) in [5.74, 6) is -0.424. The second-order valence-corrected chi connectivity index (χ2v) is 3.98. The van der Waals surface area contributed by atoms with Gasteiger partial charge < -0.3 is 9.84 Å². The zero-order valence-electron chi connectivity index (χ0n) is 10.2. The van der Waals surface area contributed by atoms with E-state index in [4.69, 9.17) is 4.52 Å². The van der Waals surface area contributed by atoms with E-state index in [0.29, 0.717) is 30.4 Å². The summed E-state index contributed by atoms with van der Waals surface area (Å²) < 4.78 is 31.0. The maximum Gasteiger partial charge on any atom is 0.240 e. The minimum Gasteiger partial charge on any atom is -0.338 e. The van der Waals surface area contributed by atoms with Crippen LogP contribution in [0.2, 0.25) is 0 Å². The van der Waals surface area contributed by atoms with Crippen LogP contribution in [0.15, 0.2) is 35.4 Å². The SMILES string of the molecule is C=CCNCc1nc(Cc2cc(F)cc(F)c2)no1. The fourth-order valence-electron chi connectivity index (χ4n) is 1.61. The van der Waals surface area contributed by atoms with Gasteiger partial charge in [0.1, 0.15) is 11.6 Å². The first-order valence-corrected chi connectivity index (χ1v) is 5.75. The van der Waals surface area contributed by atoms with Crippen LogP contribution in [0.5, 0.6) is 0 Å². The average molecular weight is 265 g/mol. The molecule has 0 aliphatic rings. The number of aromatic nitrogens is 2. The number of rotatable bonds is 6. The number of benzene rings is 1. The van der Waals surface area contributed by atoms with Crippen LogP contribution in [0, 0.1) is 11.6 Å². The Morgan fingerprint density at radius 2 is 2.00 bits per heavy atom. The molecule has 0 atom stereocenters. The zero-order valence-corrected chi connectivity index (χ0v) is 10.2. The Balaban J connectivity index is 2.00. The number of hydrogen-bond donors (Lipinski definition) is 1. The summed E-state index contributed by atoms with van der Waals surface area (Å²) in [4.78, 5) is 4.12. The summed E-state index contributed by atoms with van der Waals surface area (Å²) >= 11 is 0. The van der Waals surface area contributed by atoms with Crippen LogP contribution in [0.3, 0.4) is 0 Å². The predicted molar refractivity (Wildman–Crippen MR) is 65.4 cm³/mol. The van der Waals surface area contributed by atoms with E-state index < -0.39 is 11.6 Å². The van der Waals surface area contributed by atoms with E-state index in [1.54, 1.807) is 6.08 Å². The Hall–Kier alpha value is -2.08. The third-order valence-electron chi connectivity index (χ3n) is 2.36. The molecule has 0 aliphatic heterocycles. The smallest absolute Gasteiger partial charge is 0.240 e. The van der Waals surface area contributed by atoms with Gasteiger partial charge in [-0.3, -0.25) is 0 Å². The first kappa shape index (κ1) is 13.4. The van der Waals surface area contributed by atoms with Gasteiger partial charge in [0.15, 0.2) is 5.82 Å². The van der Waals surface area contributed by atoms with Gasteiger partial charge in [0.25, 0.3) is 0 Å². The third kappa shape index (κ3) is 3.96. The van der Waals surface area contributed by atoms with Gasteiger partial charge in [0, 0.05) is 19.0 Å². The highest BCUT2D eigenvalue weighted by molar-refractivity contribution is 5.21. The van der Waals surface area contributed by atoms with Crippen LogP contribution in [-0.2, 0) is 13.0 Å². The molecule has 0 fully saturated rings. The van der Waals surface area contributed by atoms with Crippen molar-refractivity contribution in [2.24, 2.45) is 0 Å². The lowest BCUT2D eigenvalue weighted by atomic mass is 10.1. The Kier molecular flexibility index (Phi) is 4.35. The highest BCUT2D eigenvalue weighted by Gasteiger charge is 2.08. The Morgan fingerprint density at radius 3 is 2.68 bits per heavy atom. The largest absolute Gasteiger partial charge is 0.338 e. The van der Waals surface area contributed by atoms with Crippen molar-refractivity contribution in [1.82, 2.24) is 15.5 Å². The van der Waals surface area contributed by atoms with E-state index in [-0.39, 0.29) is 6.42 Å². The lowest BCUT2D eigenvalue weighted by Gasteiger charge is -1.98. The van der Waals surface area contributed by atoms with Crippen LogP contribution in [0.25, 0.3) is 0 Å². The summed E-state index contributed by atoms with van der Waals surface area (Å²) in [6, 6.07) is 3.31. The first-order valence-electron chi connectivity index (χ1n) is 5.75. The monoisotopic (exact) mass is 265 g/mol. The van der Waals surface area contributed by atoms with E-state index >= 15 is 0 Å². The van der Waals surface area contributed by atoms with Gasteiger partial charge in [-0.2, -0.15) is 4.98 Å². The van der Waals surface area contributed by atoms with Crippen LogP contribution in [0.1, 0.15) is 17.3 Å². The standard InChI is InChI=1S/C13H13F2N3O/c1-2-3-16-8-13-17-12(18-19-13)6-9-4-10(14)7-11(15)5-9/h2,4-5,7,16H,1,3,6,8H2. The van der Waals surface area contributed by atoms with E-state index in [1.165, 1.54) is 12.1 Å². The van der Waals surface area contributed by atoms with E-state index in [9.17, 15) is 8.78 Å². The van der Waals surface area contributed by atoms with Crippen molar-refractivity contribution in [2.75, 3.05) is 6.54 Å². The fourth-order valence-corrected chi connectivity index (χ4v) is 1.61. The Labute approximate surface area is 109 Å². The quantitative estimate of drug-likeness (QED) is 0.642. The molecule has 1 N–H and O–H groups in total. The molecular formula is C13H13F2N3O. The molecule has 2 aromatic rings. The normalized spacial score (nSPS) is 10.6. The van der Waals surface area contributed by atoms with E-state index in [2.05, 4.69) is 22.0 Å². The van der Waals surface area contributed by atoms with Crippen molar-refractivity contribution in [3.05, 3.63) is 59.8 Å². The lowest BCUT2D eigenvalue weighted by Crippen LogP contribution is -2.12. The van der Waals surface area contributed by atoms with Crippen LogP contribution >= 0.6 is 0 Å². The minimum absolute atomic E-state index is 0.222. The third-order valence-corrected chi connectivity index (χ3v) is 2.36. The number of nitrogens with zero attached hydrogens (tertiary/aromatic N) is 2. The summed E-state index contributed by atoms with van der Waals surface area (Å²) in [5.41, 5.74) is 0.462. The van der Waals surface area contributed by atoms with Gasteiger partial charge in [0.2, 0.25) is 5.89 Å². The average Bonchev–Trinajstić information content (AvgIpc) is 2.76. The van der Waals surface area contributed by atoms with Crippen LogP contribution in [-0.4, -0.2) is 16.7 Å². The van der Waals surface area contributed by atoms with Crippen molar-refractivity contribution in [2.45, 2.75) is 13.0 Å². The maximum atomic E-state index is 13.0. The zero-order chi connectivity index (χ0) is 13.7. The first-order chi connectivity index (χ1) is 9.17. The highest BCUT2D eigenvalue weighted by Crippen LogP contribution is 2.11. The van der Waals surface area contributed by atoms with Gasteiger partial charge in [-0.25, -0.2) is 8.78 Å². The molecule has 1 heterocycles. The van der Waals surface area contributed by atoms with Gasteiger partial charge in [-0.05, 0) is 17.7 Å². The summed E-state index contributed by atoms with van der Waals surface area (Å²) in [5, 5.41) is 6.77. The maximum absolute atomic E-state index is 13.0. The predicted octanol–water partition coefficient (Wildman–Crippen LogP) is 2.21. The Morgan fingerprint density at radius 1 is 1.26 bits per heavy atom. The van der Waals surface area contributed by atoms with Gasteiger partial charge >= 0.3 is 0 Å². The molecule has 0 aliphatic carbocycles. The molecule has 0 spiro atoms. The van der Waals surface area contributed by atoms with Crippen LogP contribution in [0.4, 0.5) is 8.78 Å². The molecule has 1 aromatic carbocycles. The number of nitrogens with one attached hydrogen (secondary N) is 1. The minimum atomic E-state index is -0.619. The molecule has 0 bridgehead atoms. The number of hydrogen-bond acceptors (Lipinski definition) is 4. The van der Waals surface area contributed by atoms with Crippen molar-refractivity contribution >= 4 is 0 Å². The Bertz CT molecular complexity index is 549. The van der Waals surface area contributed by atoms with Crippen molar-refractivity contribution < 1.29 is 13.3 Å². The van der Waals surface area contributed by atoms with Crippen LogP contribution < -0.4 is 5.32 Å². The lowest BCUT2D eigenvalue weighted by molar-refractivity contribution is 0.366. The molecular weight excluding hydrogens is 252 g/mol. The molecule has 2 rings (SSSR count). The van der Waals surface area contributed by atoms with Gasteiger partial charge in [-0.1, -0.05) is 11.2 Å². The molecule has 1 aromatic heterocycles. The molecule has 0 saturated carbocycles. The van der Waals surface area contributed by atoms with E-state index in [1.807, 2.05) is 0 Å². The molecule has 0 amide bonds. The molecule has 0 unspecified atom stereocenters. The topological polar surface area (TPSA) is 51.0 Å².